The van der Waals surface area contributed by atoms with Crippen LogP contribution in [0.5, 0.6) is 0 Å². The average molecular weight is 228 g/mol. The van der Waals surface area contributed by atoms with Crippen molar-refractivity contribution in [3.05, 3.63) is 79.5 Å². The maximum atomic E-state index is 2.30. The van der Waals surface area contributed by atoms with Gasteiger partial charge >= 0.3 is 0 Å². The molecule has 2 aromatic rings. The predicted octanol–water partition coefficient (Wildman–Crippen LogP) is 1.91. The number of allylic oxidation sites excluding steroid dienone is 2. The van der Waals surface area contributed by atoms with E-state index in [0.29, 0.717) is 0 Å². The lowest BCUT2D eigenvalue weighted by Gasteiger charge is -1.95. The molecule has 84 valence electrons. The van der Waals surface area contributed by atoms with Gasteiger partial charge in [0.2, 0.25) is 0 Å². The van der Waals surface area contributed by atoms with Gasteiger partial charge in [-0.1, -0.05) is 48.6 Å². The van der Waals surface area contributed by atoms with Crippen molar-refractivity contribution < 1.29 is 0 Å². The van der Waals surface area contributed by atoms with Crippen LogP contribution in [0.25, 0.3) is 12.2 Å². The minimum Gasteiger partial charge on any atom is -0.0616 e. The van der Waals surface area contributed by atoms with Crippen LogP contribution in [-0.4, -0.2) is 0 Å². The van der Waals surface area contributed by atoms with E-state index in [1.807, 2.05) is 0 Å². The molecule has 0 heteroatoms. The van der Waals surface area contributed by atoms with Crippen LogP contribution in [0.2, 0.25) is 0 Å². The van der Waals surface area contributed by atoms with Crippen molar-refractivity contribution in [2.75, 3.05) is 0 Å². The first-order valence-corrected chi connectivity index (χ1v) is 6.57. The summed E-state index contributed by atoms with van der Waals surface area (Å²) in [5, 5.41) is 5.75. The zero-order chi connectivity index (χ0) is 11.7. The van der Waals surface area contributed by atoms with Crippen LogP contribution in [0.15, 0.2) is 36.4 Å². The Bertz CT molecular complexity index is 957. The summed E-state index contributed by atoms with van der Waals surface area (Å²) in [7, 11) is 0. The largest absolute Gasteiger partial charge is 0.0616 e. The second kappa shape index (κ2) is 2.84. The number of benzene rings is 2. The summed E-state index contributed by atoms with van der Waals surface area (Å²) >= 11 is 0. The van der Waals surface area contributed by atoms with E-state index in [9.17, 15) is 0 Å². The number of rotatable bonds is 0. The Kier molecular flexibility index (Phi) is 1.41. The second-order valence-electron chi connectivity index (χ2n) is 5.36. The van der Waals surface area contributed by atoms with Crippen LogP contribution in [0.4, 0.5) is 0 Å². The Hall–Kier alpha value is -2.08. The van der Waals surface area contributed by atoms with Gasteiger partial charge in [0.05, 0.1) is 0 Å². The number of fused-ring (bicyclic) bond motifs is 7. The van der Waals surface area contributed by atoms with Crippen molar-refractivity contribution in [1.29, 1.82) is 0 Å². The molecule has 2 aromatic carbocycles. The Balaban J connectivity index is 2.24. The molecule has 0 amide bonds. The van der Waals surface area contributed by atoms with E-state index in [4.69, 9.17) is 0 Å². The highest BCUT2D eigenvalue weighted by Crippen LogP contribution is 2.41. The van der Waals surface area contributed by atoms with Crippen LogP contribution < -0.4 is 10.4 Å². The van der Waals surface area contributed by atoms with Crippen LogP contribution in [-0.2, 0) is 12.8 Å². The van der Waals surface area contributed by atoms with Gasteiger partial charge in [0.25, 0.3) is 0 Å². The summed E-state index contributed by atoms with van der Waals surface area (Å²) in [6.07, 6.45) is 11.3. The molecule has 0 aliphatic heterocycles. The summed E-state index contributed by atoms with van der Waals surface area (Å²) in [5.41, 5.74) is 6.50. The Morgan fingerprint density at radius 3 is 2.50 bits per heavy atom. The fourth-order valence-corrected chi connectivity index (χ4v) is 3.33. The van der Waals surface area contributed by atoms with Crippen molar-refractivity contribution in [3.8, 4) is 0 Å². The molecule has 0 unspecified atom stereocenters. The molecule has 0 aromatic heterocycles. The lowest BCUT2D eigenvalue weighted by atomic mass is 10.1. The second-order valence-corrected chi connectivity index (χ2v) is 5.36. The van der Waals surface area contributed by atoms with Crippen LogP contribution in [0, 0.1) is 10.4 Å². The van der Waals surface area contributed by atoms with Gasteiger partial charge in [-0.15, -0.1) is 0 Å². The molecule has 0 atom stereocenters. The van der Waals surface area contributed by atoms with Gasteiger partial charge in [-0.05, 0) is 56.0 Å². The highest BCUT2D eigenvalue weighted by molar-refractivity contribution is 5.67. The van der Waals surface area contributed by atoms with Crippen LogP contribution in [0.3, 0.4) is 0 Å². The molecule has 0 bridgehead atoms. The SMILES string of the molecule is C1=CC=c2c3c(c4c(c2=c2ccccc2=C1)C4)C3. The first kappa shape index (κ1) is 8.93. The summed E-state index contributed by atoms with van der Waals surface area (Å²) in [6.45, 7) is 0. The molecule has 0 heterocycles. The number of hydrogen-bond acceptors (Lipinski definition) is 0. The van der Waals surface area contributed by atoms with Gasteiger partial charge in [0, 0.05) is 0 Å². The van der Waals surface area contributed by atoms with Gasteiger partial charge in [-0.3, -0.25) is 0 Å². The molecule has 0 N–H and O–H groups in total. The van der Waals surface area contributed by atoms with Crippen molar-refractivity contribution in [2.24, 2.45) is 0 Å². The molecule has 0 nitrogen and oxygen atoms in total. The van der Waals surface area contributed by atoms with Crippen LogP contribution >= 0.6 is 0 Å². The summed E-state index contributed by atoms with van der Waals surface area (Å²) in [4.78, 5) is 0. The van der Waals surface area contributed by atoms with E-state index >= 15 is 0 Å². The zero-order valence-electron chi connectivity index (χ0n) is 10.0. The van der Waals surface area contributed by atoms with Crippen molar-refractivity contribution >= 4 is 12.2 Å². The topological polar surface area (TPSA) is 0 Å². The molecule has 18 heavy (non-hydrogen) atoms. The summed E-state index contributed by atoms with van der Waals surface area (Å²) < 4.78 is 0. The van der Waals surface area contributed by atoms with Gasteiger partial charge in [-0.2, -0.15) is 0 Å². The van der Waals surface area contributed by atoms with E-state index in [1.165, 1.54) is 33.7 Å². The zero-order valence-corrected chi connectivity index (χ0v) is 10.0. The third-order valence-corrected chi connectivity index (χ3v) is 4.33. The predicted molar refractivity (Wildman–Crippen MR) is 73.5 cm³/mol. The van der Waals surface area contributed by atoms with E-state index in [2.05, 4.69) is 48.6 Å². The van der Waals surface area contributed by atoms with Gasteiger partial charge in [0.1, 0.15) is 0 Å². The monoisotopic (exact) mass is 228 g/mol. The maximum Gasteiger partial charge on any atom is -0.00104 e. The first-order valence-electron chi connectivity index (χ1n) is 6.57. The van der Waals surface area contributed by atoms with E-state index in [-0.39, 0.29) is 0 Å². The highest BCUT2D eigenvalue weighted by atomic mass is 14.4. The quantitative estimate of drug-likeness (QED) is 0.431. The van der Waals surface area contributed by atoms with Gasteiger partial charge in [0.15, 0.2) is 0 Å². The Morgan fingerprint density at radius 1 is 0.722 bits per heavy atom. The normalized spacial score (nSPS) is 16.0. The standard InChI is InChI=1S/C18H12/c1-3-7-12-11(5-1)6-2-4-8-13-14-9-15(14)16-10-17(16)18(12)13/h1-8H,9-10H2. The summed E-state index contributed by atoms with van der Waals surface area (Å²) in [5.74, 6) is 0. The minimum absolute atomic E-state index is 1.23. The van der Waals surface area contributed by atoms with E-state index < -0.39 is 0 Å². The molecule has 0 saturated heterocycles. The molecular weight excluding hydrogens is 216 g/mol. The maximum absolute atomic E-state index is 2.30. The molecule has 0 fully saturated rings. The Morgan fingerprint density at radius 2 is 1.50 bits per heavy atom. The molecule has 0 radical (unpaired) electrons. The first-order chi connectivity index (χ1) is 8.93. The van der Waals surface area contributed by atoms with Crippen molar-refractivity contribution in [2.45, 2.75) is 12.8 Å². The molecule has 3 aliphatic carbocycles. The van der Waals surface area contributed by atoms with Crippen LogP contribution in [0.1, 0.15) is 22.3 Å². The lowest BCUT2D eigenvalue weighted by Crippen LogP contribution is -2.11. The lowest BCUT2D eigenvalue weighted by molar-refractivity contribution is 1.38. The molecule has 3 aliphatic rings. The smallest absolute Gasteiger partial charge is 0.00104 e. The summed E-state index contributed by atoms with van der Waals surface area (Å²) in [6, 6.07) is 8.77. The third kappa shape index (κ3) is 1.01. The average Bonchev–Trinajstić information content (AvgIpc) is 3.22. The minimum atomic E-state index is 1.23. The molecular formula is C18H12. The number of hydrogen-bond donors (Lipinski definition) is 0. The molecule has 0 spiro atoms. The molecule has 5 rings (SSSR count). The van der Waals surface area contributed by atoms with E-state index in [0.717, 1.165) is 0 Å². The third-order valence-electron chi connectivity index (χ3n) is 4.33. The highest BCUT2D eigenvalue weighted by Gasteiger charge is 2.33. The fraction of sp³-hybridized carbons (Fsp3) is 0.111. The van der Waals surface area contributed by atoms with Gasteiger partial charge < -0.3 is 0 Å². The van der Waals surface area contributed by atoms with Crippen molar-refractivity contribution in [1.82, 2.24) is 0 Å². The van der Waals surface area contributed by atoms with E-state index in [1.54, 1.807) is 22.3 Å². The molecule has 0 saturated carbocycles. The van der Waals surface area contributed by atoms with Crippen molar-refractivity contribution in [3.63, 3.8) is 0 Å². The van der Waals surface area contributed by atoms with Gasteiger partial charge in [-0.25, -0.2) is 0 Å². The Labute approximate surface area is 105 Å². The fourth-order valence-electron chi connectivity index (χ4n) is 3.33.